The van der Waals surface area contributed by atoms with Crippen LogP contribution in [0.15, 0.2) is 5.76 Å². The summed E-state index contributed by atoms with van der Waals surface area (Å²) in [6.45, 7) is 0.796. The van der Waals surface area contributed by atoms with E-state index in [1.165, 1.54) is 31.6 Å². The number of nitrogens with two attached hydrogens (primary N) is 1. The lowest BCUT2D eigenvalue weighted by molar-refractivity contribution is 0.247. The maximum Gasteiger partial charge on any atom is 0.176 e. The Kier molecular flexibility index (Phi) is 5.44. The molecule has 0 saturated heterocycles. The number of aliphatic hydroxyl groups is 1. The fourth-order valence-electron chi connectivity index (χ4n) is 2.44. The van der Waals surface area contributed by atoms with Crippen molar-refractivity contribution in [3.05, 3.63) is 5.76 Å². The standard InChI is InChI=1S/C12H21NO2/c13-8-7-11-3-1-10(2-4-11)5-6-12(15)9-14/h10-11,15H,1-8,13H2. The molecule has 1 fully saturated rings. The van der Waals surface area contributed by atoms with Gasteiger partial charge in [0.2, 0.25) is 0 Å². The molecule has 1 aliphatic rings. The van der Waals surface area contributed by atoms with E-state index in [0.29, 0.717) is 12.3 Å². The first-order chi connectivity index (χ1) is 7.26. The molecule has 0 spiro atoms. The molecule has 0 amide bonds. The highest BCUT2D eigenvalue weighted by Gasteiger charge is 2.20. The van der Waals surface area contributed by atoms with Crippen molar-refractivity contribution in [1.82, 2.24) is 0 Å². The van der Waals surface area contributed by atoms with Gasteiger partial charge in [0, 0.05) is 6.42 Å². The highest BCUT2D eigenvalue weighted by molar-refractivity contribution is 5.48. The van der Waals surface area contributed by atoms with Crippen LogP contribution in [0.2, 0.25) is 0 Å². The molecule has 0 aromatic rings. The second kappa shape index (κ2) is 6.65. The lowest BCUT2D eigenvalue weighted by Gasteiger charge is -2.27. The highest BCUT2D eigenvalue weighted by Crippen LogP contribution is 2.33. The van der Waals surface area contributed by atoms with Crippen LogP contribution in [-0.4, -0.2) is 17.6 Å². The van der Waals surface area contributed by atoms with Crippen molar-refractivity contribution in [2.75, 3.05) is 6.54 Å². The van der Waals surface area contributed by atoms with Crippen molar-refractivity contribution in [3.63, 3.8) is 0 Å². The molecule has 0 aromatic heterocycles. The average molecular weight is 211 g/mol. The Morgan fingerprint density at radius 1 is 1.20 bits per heavy atom. The van der Waals surface area contributed by atoms with Crippen molar-refractivity contribution >= 4 is 5.94 Å². The first-order valence-electron chi connectivity index (χ1n) is 5.89. The zero-order chi connectivity index (χ0) is 11.1. The second-order valence-electron chi connectivity index (χ2n) is 4.55. The molecule has 15 heavy (non-hydrogen) atoms. The van der Waals surface area contributed by atoms with Crippen LogP contribution in [0, 0.1) is 11.8 Å². The first kappa shape index (κ1) is 12.3. The van der Waals surface area contributed by atoms with Crippen LogP contribution in [0.3, 0.4) is 0 Å². The van der Waals surface area contributed by atoms with Gasteiger partial charge in [0.05, 0.1) is 0 Å². The van der Waals surface area contributed by atoms with Gasteiger partial charge in [-0.05, 0) is 31.2 Å². The van der Waals surface area contributed by atoms with E-state index in [1.54, 1.807) is 0 Å². The summed E-state index contributed by atoms with van der Waals surface area (Å²) >= 11 is 0. The zero-order valence-electron chi connectivity index (χ0n) is 9.24. The monoisotopic (exact) mass is 211 g/mol. The van der Waals surface area contributed by atoms with Gasteiger partial charge in [-0.1, -0.05) is 25.7 Å². The first-order valence-corrected chi connectivity index (χ1v) is 5.89. The fraction of sp³-hybridized carbons (Fsp3) is 0.833. The normalized spacial score (nSPS) is 25.9. The zero-order valence-corrected chi connectivity index (χ0v) is 9.24. The third-order valence-electron chi connectivity index (χ3n) is 3.45. The molecule has 0 aromatic carbocycles. The van der Waals surface area contributed by atoms with E-state index in [0.717, 1.165) is 25.3 Å². The molecular formula is C12H21NO2. The Morgan fingerprint density at radius 2 is 1.73 bits per heavy atom. The summed E-state index contributed by atoms with van der Waals surface area (Å²) in [5.74, 6) is 2.90. The van der Waals surface area contributed by atoms with Crippen LogP contribution in [-0.2, 0) is 4.79 Å². The Hall–Kier alpha value is -0.790. The molecule has 1 rings (SSSR count). The maximum absolute atomic E-state index is 10.1. The molecular weight excluding hydrogens is 190 g/mol. The summed E-state index contributed by atoms with van der Waals surface area (Å²) in [6, 6.07) is 0. The fourth-order valence-corrected chi connectivity index (χ4v) is 2.44. The molecule has 3 N–H and O–H groups in total. The number of aliphatic hydroxyl groups excluding tert-OH is 1. The Labute approximate surface area is 91.4 Å². The molecule has 86 valence electrons. The van der Waals surface area contributed by atoms with Gasteiger partial charge in [0.1, 0.15) is 0 Å². The van der Waals surface area contributed by atoms with Gasteiger partial charge in [-0.3, -0.25) is 0 Å². The summed E-state index contributed by atoms with van der Waals surface area (Å²) in [6.07, 6.45) is 7.52. The smallest absolute Gasteiger partial charge is 0.176 e. The van der Waals surface area contributed by atoms with Crippen LogP contribution in [0.25, 0.3) is 0 Å². The molecule has 3 heteroatoms. The quantitative estimate of drug-likeness (QED) is 0.541. The molecule has 0 heterocycles. The van der Waals surface area contributed by atoms with Crippen LogP contribution >= 0.6 is 0 Å². The third kappa shape index (κ3) is 4.50. The van der Waals surface area contributed by atoms with Gasteiger partial charge in [-0.2, -0.15) is 0 Å². The second-order valence-corrected chi connectivity index (χ2v) is 4.55. The SMILES string of the molecule is NCCC1CCC(CCC(O)=C=O)CC1. The van der Waals surface area contributed by atoms with Gasteiger partial charge in [0.25, 0.3) is 0 Å². The predicted molar refractivity (Wildman–Crippen MR) is 60.2 cm³/mol. The lowest BCUT2D eigenvalue weighted by Crippen LogP contribution is -2.17. The summed E-state index contributed by atoms with van der Waals surface area (Å²) in [5, 5.41) is 9.00. The van der Waals surface area contributed by atoms with E-state index >= 15 is 0 Å². The van der Waals surface area contributed by atoms with Crippen molar-refractivity contribution in [1.29, 1.82) is 0 Å². The van der Waals surface area contributed by atoms with E-state index in [9.17, 15) is 4.79 Å². The van der Waals surface area contributed by atoms with Crippen molar-refractivity contribution in [2.45, 2.75) is 44.9 Å². The topological polar surface area (TPSA) is 63.3 Å². The van der Waals surface area contributed by atoms with Gasteiger partial charge < -0.3 is 10.8 Å². The molecule has 0 bridgehead atoms. The van der Waals surface area contributed by atoms with E-state index < -0.39 is 0 Å². The number of hydrogen-bond donors (Lipinski definition) is 2. The van der Waals surface area contributed by atoms with Crippen LogP contribution in [0.5, 0.6) is 0 Å². The average Bonchev–Trinajstić information content (AvgIpc) is 2.28. The molecule has 0 radical (unpaired) electrons. The minimum absolute atomic E-state index is 0.126. The van der Waals surface area contributed by atoms with Crippen molar-refractivity contribution < 1.29 is 9.90 Å². The largest absolute Gasteiger partial charge is 0.502 e. The Balaban J connectivity index is 2.17. The summed E-state index contributed by atoms with van der Waals surface area (Å²) in [4.78, 5) is 10.1. The van der Waals surface area contributed by atoms with E-state index in [-0.39, 0.29) is 5.76 Å². The van der Waals surface area contributed by atoms with Gasteiger partial charge in [-0.15, -0.1) is 0 Å². The van der Waals surface area contributed by atoms with E-state index in [1.807, 2.05) is 0 Å². The van der Waals surface area contributed by atoms with Gasteiger partial charge in [0.15, 0.2) is 11.7 Å². The molecule has 3 nitrogen and oxygen atoms in total. The van der Waals surface area contributed by atoms with Crippen molar-refractivity contribution in [3.8, 4) is 0 Å². The van der Waals surface area contributed by atoms with Gasteiger partial charge >= 0.3 is 0 Å². The number of allylic oxidation sites excluding steroid dienone is 1. The number of carbonyl (C=O) groups excluding carboxylic acids is 1. The summed E-state index contributed by atoms with van der Waals surface area (Å²) in [5.41, 5.74) is 5.53. The van der Waals surface area contributed by atoms with Crippen LogP contribution in [0.4, 0.5) is 0 Å². The van der Waals surface area contributed by atoms with Crippen LogP contribution < -0.4 is 5.73 Å². The highest BCUT2D eigenvalue weighted by atomic mass is 16.3. The number of rotatable bonds is 5. The maximum atomic E-state index is 10.1. The predicted octanol–water partition coefficient (Wildman–Crippen LogP) is 2.20. The Morgan fingerprint density at radius 3 is 2.20 bits per heavy atom. The van der Waals surface area contributed by atoms with Crippen LogP contribution in [0.1, 0.15) is 44.9 Å². The number of hydrogen-bond acceptors (Lipinski definition) is 3. The lowest BCUT2D eigenvalue weighted by atomic mass is 9.79. The minimum atomic E-state index is -0.126. The minimum Gasteiger partial charge on any atom is -0.502 e. The molecule has 1 saturated carbocycles. The third-order valence-corrected chi connectivity index (χ3v) is 3.45. The van der Waals surface area contributed by atoms with E-state index in [4.69, 9.17) is 10.8 Å². The molecule has 0 aliphatic heterocycles. The van der Waals surface area contributed by atoms with Crippen molar-refractivity contribution in [2.24, 2.45) is 17.6 Å². The summed E-state index contributed by atoms with van der Waals surface area (Å²) in [7, 11) is 0. The molecule has 1 aliphatic carbocycles. The van der Waals surface area contributed by atoms with Gasteiger partial charge in [-0.25, -0.2) is 4.79 Å². The van der Waals surface area contributed by atoms with E-state index in [2.05, 4.69) is 0 Å². The summed E-state index contributed by atoms with van der Waals surface area (Å²) < 4.78 is 0. The molecule has 0 atom stereocenters. The Bertz CT molecular complexity index is 226. The molecule has 0 unspecified atom stereocenters.